The van der Waals surface area contributed by atoms with Gasteiger partial charge in [-0.1, -0.05) is 54.1 Å². The van der Waals surface area contributed by atoms with E-state index in [2.05, 4.69) is 10.2 Å². The fourth-order valence-electron chi connectivity index (χ4n) is 3.78. The summed E-state index contributed by atoms with van der Waals surface area (Å²) in [6, 6.07) is 19.1. The average molecular weight is 483 g/mol. The van der Waals surface area contributed by atoms with Crippen LogP contribution in [0.25, 0.3) is 10.8 Å². The Kier molecular flexibility index (Phi) is 8.05. The Morgan fingerprint density at radius 3 is 2.29 bits per heavy atom. The average Bonchev–Trinajstić information content (AvgIpc) is 2.77. The van der Waals surface area contributed by atoms with Crippen molar-refractivity contribution in [2.45, 2.75) is 52.3 Å². The first-order valence-corrected chi connectivity index (χ1v) is 11.6. The standard InChI is InChI=1S/C27H31ClN2O4/c1-18(16-25(31)33-5)30(17-19-10-6-9-13-22(19)28)24-15-14-23(20-11-7-8-12-21(20)24)29-26(32)34-27(2,3)4/h6-15,18H,16-17H2,1-5H3,(H,29,32). The summed E-state index contributed by atoms with van der Waals surface area (Å²) in [6.07, 6.45) is -0.301. The molecular weight excluding hydrogens is 452 g/mol. The number of hydrogen-bond acceptors (Lipinski definition) is 5. The van der Waals surface area contributed by atoms with E-state index < -0.39 is 11.7 Å². The molecule has 0 aliphatic rings. The van der Waals surface area contributed by atoms with Crippen molar-refractivity contribution in [3.8, 4) is 0 Å². The minimum Gasteiger partial charge on any atom is -0.469 e. The van der Waals surface area contributed by atoms with Gasteiger partial charge in [0, 0.05) is 34.1 Å². The zero-order valence-corrected chi connectivity index (χ0v) is 21.0. The largest absolute Gasteiger partial charge is 0.469 e. The highest BCUT2D eigenvalue weighted by Gasteiger charge is 2.23. The summed E-state index contributed by atoms with van der Waals surface area (Å²) < 4.78 is 10.3. The van der Waals surface area contributed by atoms with Crippen molar-refractivity contribution in [3.05, 3.63) is 71.2 Å². The van der Waals surface area contributed by atoms with Gasteiger partial charge in [-0.3, -0.25) is 10.1 Å². The summed E-state index contributed by atoms with van der Waals surface area (Å²) in [5.74, 6) is -0.288. The van der Waals surface area contributed by atoms with E-state index >= 15 is 0 Å². The number of carbonyl (C=O) groups excluding carboxylic acids is 2. The van der Waals surface area contributed by atoms with Crippen LogP contribution in [0.3, 0.4) is 0 Å². The van der Waals surface area contributed by atoms with Gasteiger partial charge in [-0.2, -0.15) is 0 Å². The molecule has 0 spiro atoms. The summed E-state index contributed by atoms with van der Waals surface area (Å²) >= 11 is 6.47. The molecule has 1 unspecified atom stereocenters. The van der Waals surface area contributed by atoms with Crippen molar-refractivity contribution >= 4 is 45.8 Å². The smallest absolute Gasteiger partial charge is 0.412 e. The van der Waals surface area contributed by atoms with Crippen LogP contribution in [0.15, 0.2) is 60.7 Å². The van der Waals surface area contributed by atoms with Crippen LogP contribution < -0.4 is 10.2 Å². The highest BCUT2D eigenvalue weighted by molar-refractivity contribution is 6.31. The van der Waals surface area contributed by atoms with Gasteiger partial charge in [-0.15, -0.1) is 0 Å². The molecule has 1 atom stereocenters. The Labute approximate surface area is 205 Å². The molecule has 0 aliphatic heterocycles. The Bertz CT molecular complexity index is 1170. The fraction of sp³-hybridized carbons (Fsp3) is 0.333. The SMILES string of the molecule is COC(=O)CC(C)N(Cc1ccccc1Cl)c1ccc(NC(=O)OC(C)(C)C)c2ccccc12. The van der Waals surface area contributed by atoms with E-state index in [4.69, 9.17) is 21.1 Å². The molecule has 1 N–H and O–H groups in total. The molecule has 3 rings (SSSR count). The maximum Gasteiger partial charge on any atom is 0.412 e. The van der Waals surface area contributed by atoms with Crippen molar-refractivity contribution in [2.24, 2.45) is 0 Å². The third kappa shape index (κ3) is 6.41. The van der Waals surface area contributed by atoms with Crippen LogP contribution in [0, 0.1) is 0 Å². The highest BCUT2D eigenvalue weighted by atomic mass is 35.5. The summed E-state index contributed by atoms with van der Waals surface area (Å²) in [5.41, 5.74) is 1.91. The van der Waals surface area contributed by atoms with E-state index in [1.165, 1.54) is 7.11 Å². The summed E-state index contributed by atoms with van der Waals surface area (Å²) in [7, 11) is 1.39. The fourth-order valence-corrected chi connectivity index (χ4v) is 3.97. The number of nitrogens with one attached hydrogen (secondary N) is 1. The number of ether oxygens (including phenoxy) is 2. The lowest BCUT2D eigenvalue weighted by Gasteiger charge is -2.33. The van der Waals surface area contributed by atoms with Crippen LogP contribution in [0.5, 0.6) is 0 Å². The van der Waals surface area contributed by atoms with Crippen LogP contribution in [-0.2, 0) is 20.8 Å². The van der Waals surface area contributed by atoms with Crippen LogP contribution in [0.2, 0.25) is 5.02 Å². The minimum absolute atomic E-state index is 0.170. The zero-order chi connectivity index (χ0) is 24.9. The number of benzene rings is 3. The van der Waals surface area contributed by atoms with Gasteiger partial charge in [-0.05, 0) is 51.5 Å². The lowest BCUT2D eigenvalue weighted by molar-refractivity contribution is -0.140. The number of anilines is 2. The number of rotatable bonds is 7. The molecule has 180 valence electrons. The molecule has 0 radical (unpaired) electrons. The predicted molar refractivity (Wildman–Crippen MR) is 138 cm³/mol. The molecule has 1 amide bonds. The van der Waals surface area contributed by atoms with E-state index in [1.54, 1.807) is 0 Å². The number of hydrogen-bond donors (Lipinski definition) is 1. The number of amides is 1. The normalized spacial score (nSPS) is 12.2. The summed E-state index contributed by atoms with van der Waals surface area (Å²) in [4.78, 5) is 26.7. The molecule has 7 heteroatoms. The Hall–Kier alpha value is -3.25. The number of fused-ring (bicyclic) bond motifs is 1. The quantitative estimate of drug-likeness (QED) is 0.375. The van der Waals surface area contributed by atoms with Gasteiger partial charge in [0.15, 0.2) is 0 Å². The van der Waals surface area contributed by atoms with Gasteiger partial charge >= 0.3 is 12.1 Å². The van der Waals surface area contributed by atoms with E-state index in [-0.39, 0.29) is 18.4 Å². The van der Waals surface area contributed by atoms with Crippen LogP contribution in [-0.4, -0.2) is 30.8 Å². The van der Waals surface area contributed by atoms with E-state index in [9.17, 15) is 9.59 Å². The van der Waals surface area contributed by atoms with Gasteiger partial charge in [0.25, 0.3) is 0 Å². The Morgan fingerprint density at radius 1 is 1.00 bits per heavy atom. The van der Waals surface area contributed by atoms with Gasteiger partial charge in [0.05, 0.1) is 19.2 Å². The highest BCUT2D eigenvalue weighted by Crippen LogP contribution is 2.35. The predicted octanol–water partition coefficient (Wildman–Crippen LogP) is 6.80. The monoisotopic (exact) mass is 482 g/mol. The Balaban J connectivity index is 2.05. The first kappa shape index (κ1) is 25.4. The lowest BCUT2D eigenvalue weighted by Crippen LogP contribution is -2.35. The number of halogens is 1. The number of carbonyl (C=O) groups is 2. The molecule has 3 aromatic rings. The van der Waals surface area contributed by atoms with Gasteiger partial charge in [-0.25, -0.2) is 4.79 Å². The van der Waals surface area contributed by atoms with Crippen molar-refractivity contribution in [2.75, 3.05) is 17.3 Å². The van der Waals surface area contributed by atoms with Crippen LogP contribution >= 0.6 is 11.6 Å². The molecule has 0 saturated carbocycles. The topological polar surface area (TPSA) is 67.9 Å². The van der Waals surface area contributed by atoms with Crippen LogP contribution in [0.4, 0.5) is 16.2 Å². The molecule has 3 aromatic carbocycles. The van der Waals surface area contributed by atoms with Gasteiger partial charge in [0.1, 0.15) is 5.60 Å². The van der Waals surface area contributed by atoms with Crippen molar-refractivity contribution in [3.63, 3.8) is 0 Å². The second kappa shape index (κ2) is 10.8. The molecule has 0 heterocycles. The van der Waals surface area contributed by atoms with Crippen molar-refractivity contribution in [1.82, 2.24) is 0 Å². The number of methoxy groups -OCH3 is 1. The second-order valence-corrected chi connectivity index (χ2v) is 9.56. The van der Waals surface area contributed by atoms with Gasteiger partial charge in [0.2, 0.25) is 0 Å². The maximum atomic E-state index is 12.4. The maximum absolute atomic E-state index is 12.4. The van der Waals surface area contributed by atoms with Crippen molar-refractivity contribution < 1.29 is 19.1 Å². The lowest BCUT2D eigenvalue weighted by atomic mass is 10.0. The molecule has 0 bridgehead atoms. The molecular formula is C27H31ClN2O4. The third-order valence-corrected chi connectivity index (χ3v) is 5.74. The third-order valence-electron chi connectivity index (χ3n) is 5.37. The Morgan fingerprint density at radius 2 is 1.65 bits per heavy atom. The summed E-state index contributed by atoms with van der Waals surface area (Å²) in [5, 5.41) is 5.31. The second-order valence-electron chi connectivity index (χ2n) is 9.15. The first-order chi connectivity index (χ1) is 16.1. The van der Waals surface area contributed by atoms with Crippen LogP contribution in [0.1, 0.15) is 39.7 Å². The molecule has 34 heavy (non-hydrogen) atoms. The van der Waals surface area contributed by atoms with E-state index in [1.807, 2.05) is 88.4 Å². The molecule has 0 saturated heterocycles. The molecule has 6 nitrogen and oxygen atoms in total. The van der Waals surface area contributed by atoms with E-state index in [0.717, 1.165) is 22.0 Å². The minimum atomic E-state index is -0.602. The van der Waals surface area contributed by atoms with E-state index in [0.29, 0.717) is 17.3 Å². The zero-order valence-electron chi connectivity index (χ0n) is 20.2. The molecule has 0 fully saturated rings. The number of esters is 1. The number of nitrogens with zero attached hydrogens (tertiary/aromatic N) is 1. The van der Waals surface area contributed by atoms with Crippen molar-refractivity contribution in [1.29, 1.82) is 0 Å². The molecule has 0 aliphatic carbocycles. The first-order valence-electron chi connectivity index (χ1n) is 11.2. The molecule has 0 aromatic heterocycles. The summed E-state index contributed by atoms with van der Waals surface area (Å²) in [6.45, 7) is 7.95. The van der Waals surface area contributed by atoms with Gasteiger partial charge < -0.3 is 14.4 Å².